The van der Waals surface area contributed by atoms with Crippen LogP contribution in [-0.4, -0.2) is 32.2 Å². The minimum atomic E-state index is -0.00551. The molecular weight excluding hydrogens is 324 g/mol. The Hall–Kier alpha value is -2.04. The quantitative estimate of drug-likeness (QED) is 0.898. The lowest BCUT2D eigenvalue weighted by Crippen LogP contribution is -2.36. The zero-order valence-corrected chi connectivity index (χ0v) is 14.3. The number of carbonyl (C=O) groups is 1. The summed E-state index contributed by atoms with van der Waals surface area (Å²) in [7, 11) is 0. The summed E-state index contributed by atoms with van der Waals surface area (Å²) in [4.78, 5) is 14.5. The molecule has 2 aromatic rings. The molecule has 0 radical (unpaired) electrons. The number of halogens is 1. The van der Waals surface area contributed by atoms with E-state index in [9.17, 15) is 4.79 Å². The molecule has 0 aliphatic carbocycles. The van der Waals surface area contributed by atoms with Gasteiger partial charge in [0, 0.05) is 35.9 Å². The summed E-state index contributed by atoms with van der Waals surface area (Å²) in [5.74, 6) is -0.00551. The summed E-state index contributed by atoms with van der Waals surface area (Å²) in [6.07, 6.45) is 1.04. The number of benzene rings is 2. The van der Waals surface area contributed by atoms with Crippen molar-refractivity contribution in [1.29, 1.82) is 0 Å². The van der Waals surface area contributed by atoms with E-state index < -0.39 is 0 Å². The average molecular weight is 345 g/mol. The standard InChI is InChI=1S/C19H21ClN2O2/c20-18-7-2-1-4-15(18)8-9-19(23)21-16-5-3-6-17(14-16)22-10-12-24-13-11-22/h1-7,14H,8-13H2,(H,21,23). The summed E-state index contributed by atoms with van der Waals surface area (Å²) in [6, 6.07) is 15.6. The molecule has 1 aliphatic heterocycles. The first-order valence-electron chi connectivity index (χ1n) is 8.18. The second kappa shape index (κ2) is 8.18. The number of aryl methyl sites for hydroxylation is 1. The minimum Gasteiger partial charge on any atom is -0.378 e. The van der Waals surface area contributed by atoms with Crippen molar-refractivity contribution in [2.45, 2.75) is 12.8 Å². The maximum absolute atomic E-state index is 12.2. The van der Waals surface area contributed by atoms with E-state index in [4.69, 9.17) is 16.3 Å². The molecule has 0 aromatic heterocycles. The lowest BCUT2D eigenvalue weighted by molar-refractivity contribution is -0.116. The number of anilines is 2. The topological polar surface area (TPSA) is 41.6 Å². The first-order chi connectivity index (χ1) is 11.7. The van der Waals surface area contributed by atoms with Gasteiger partial charge in [0.2, 0.25) is 5.91 Å². The van der Waals surface area contributed by atoms with E-state index in [0.29, 0.717) is 17.9 Å². The Bertz CT molecular complexity index is 699. The third-order valence-electron chi connectivity index (χ3n) is 4.09. The van der Waals surface area contributed by atoms with Crippen molar-refractivity contribution in [3.05, 3.63) is 59.1 Å². The summed E-state index contributed by atoms with van der Waals surface area (Å²) in [6.45, 7) is 3.25. The number of rotatable bonds is 5. The zero-order valence-electron chi connectivity index (χ0n) is 13.5. The van der Waals surface area contributed by atoms with E-state index in [0.717, 1.165) is 43.2 Å². The molecule has 126 valence electrons. The molecule has 0 saturated carbocycles. The molecule has 1 N–H and O–H groups in total. The predicted octanol–water partition coefficient (Wildman–Crippen LogP) is 3.75. The Balaban J connectivity index is 1.57. The van der Waals surface area contributed by atoms with Crippen LogP contribution in [0.1, 0.15) is 12.0 Å². The maximum Gasteiger partial charge on any atom is 0.224 e. The number of nitrogens with one attached hydrogen (secondary N) is 1. The van der Waals surface area contributed by atoms with Gasteiger partial charge in [0.25, 0.3) is 0 Å². The average Bonchev–Trinajstić information content (AvgIpc) is 2.62. The van der Waals surface area contributed by atoms with E-state index in [-0.39, 0.29) is 5.91 Å². The van der Waals surface area contributed by atoms with Crippen LogP contribution in [0.25, 0.3) is 0 Å². The number of carbonyl (C=O) groups excluding carboxylic acids is 1. The molecule has 0 spiro atoms. The van der Waals surface area contributed by atoms with Gasteiger partial charge >= 0.3 is 0 Å². The van der Waals surface area contributed by atoms with Crippen molar-refractivity contribution in [3.8, 4) is 0 Å². The fourth-order valence-electron chi connectivity index (χ4n) is 2.77. The molecule has 5 heteroatoms. The Kier molecular flexibility index (Phi) is 5.72. The second-order valence-electron chi connectivity index (χ2n) is 5.79. The lowest BCUT2D eigenvalue weighted by atomic mass is 10.1. The van der Waals surface area contributed by atoms with Crippen LogP contribution in [0.2, 0.25) is 5.02 Å². The molecule has 2 aromatic carbocycles. The highest BCUT2D eigenvalue weighted by atomic mass is 35.5. The number of nitrogens with zero attached hydrogens (tertiary/aromatic N) is 1. The van der Waals surface area contributed by atoms with Crippen LogP contribution < -0.4 is 10.2 Å². The van der Waals surface area contributed by atoms with Crippen molar-refractivity contribution in [1.82, 2.24) is 0 Å². The van der Waals surface area contributed by atoms with Crippen LogP contribution in [0.15, 0.2) is 48.5 Å². The van der Waals surface area contributed by atoms with E-state index >= 15 is 0 Å². The van der Waals surface area contributed by atoms with Crippen molar-refractivity contribution in [2.75, 3.05) is 36.5 Å². The highest BCUT2D eigenvalue weighted by Crippen LogP contribution is 2.21. The van der Waals surface area contributed by atoms with Gasteiger partial charge in [-0.3, -0.25) is 4.79 Å². The Morgan fingerprint density at radius 1 is 1.12 bits per heavy atom. The third-order valence-corrected chi connectivity index (χ3v) is 4.45. The second-order valence-corrected chi connectivity index (χ2v) is 6.20. The molecule has 0 unspecified atom stereocenters. The van der Waals surface area contributed by atoms with Gasteiger partial charge in [-0.05, 0) is 36.2 Å². The van der Waals surface area contributed by atoms with Crippen LogP contribution in [0, 0.1) is 0 Å². The van der Waals surface area contributed by atoms with Crippen LogP contribution in [0.3, 0.4) is 0 Å². The molecule has 1 saturated heterocycles. The Labute approximate surface area is 147 Å². The first-order valence-corrected chi connectivity index (χ1v) is 8.56. The molecular formula is C19H21ClN2O2. The molecule has 4 nitrogen and oxygen atoms in total. The highest BCUT2D eigenvalue weighted by Gasteiger charge is 2.12. The fourth-order valence-corrected chi connectivity index (χ4v) is 3.00. The van der Waals surface area contributed by atoms with Crippen LogP contribution in [-0.2, 0) is 16.0 Å². The zero-order chi connectivity index (χ0) is 16.8. The fraction of sp³-hybridized carbons (Fsp3) is 0.316. The summed E-state index contributed by atoms with van der Waals surface area (Å²) in [5.41, 5.74) is 2.93. The van der Waals surface area contributed by atoms with Gasteiger partial charge < -0.3 is 15.0 Å². The molecule has 3 rings (SSSR count). The monoisotopic (exact) mass is 344 g/mol. The summed E-state index contributed by atoms with van der Waals surface area (Å²) in [5, 5.41) is 3.68. The number of morpholine rings is 1. The normalized spacial score (nSPS) is 14.5. The smallest absolute Gasteiger partial charge is 0.224 e. The molecule has 0 atom stereocenters. The SMILES string of the molecule is O=C(CCc1ccccc1Cl)Nc1cccc(N2CCOCC2)c1. The molecule has 0 bridgehead atoms. The van der Waals surface area contributed by atoms with Gasteiger partial charge in [0.05, 0.1) is 13.2 Å². The van der Waals surface area contributed by atoms with E-state index in [2.05, 4.69) is 16.3 Å². The van der Waals surface area contributed by atoms with Gasteiger partial charge in [-0.2, -0.15) is 0 Å². The number of hydrogen-bond donors (Lipinski definition) is 1. The van der Waals surface area contributed by atoms with Gasteiger partial charge in [-0.1, -0.05) is 35.9 Å². The predicted molar refractivity (Wildman–Crippen MR) is 97.9 cm³/mol. The van der Waals surface area contributed by atoms with Gasteiger partial charge in [0.15, 0.2) is 0 Å². The van der Waals surface area contributed by atoms with Crippen molar-refractivity contribution < 1.29 is 9.53 Å². The molecule has 1 fully saturated rings. The Morgan fingerprint density at radius 2 is 1.92 bits per heavy atom. The van der Waals surface area contributed by atoms with Gasteiger partial charge in [0.1, 0.15) is 0 Å². The molecule has 1 heterocycles. The van der Waals surface area contributed by atoms with E-state index in [1.54, 1.807) is 0 Å². The van der Waals surface area contributed by atoms with Gasteiger partial charge in [-0.15, -0.1) is 0 Å². The van der Waals surface area contributed by atoms with Crippen molar-refractivity contribution in [3.63, 3.8) is 0 Å². The minimum absolute atomic E-state index is 0.00551. The van der Waals surface area contributed by atoms with Crippen LogP contribution in [0.4, 0.5) is 11.4 Å². The van der Waals surface area contributed by atoms with Crippen LogP contribution in [0.5, 0.6) is 0 Å². The molecule has 1 aliphatic rings. The number of hydrogen-bond acceptors (Lipinski definition) is 3. The number of amides is 1. The Morgan fingerprint density at radius 3 is 2.71 bits per heavy atom. The highest BCUT2D eigenvalue weighted by molar-refractivity contribution is 6.31. The number of ether oxygens (including phenoxy) is 1. The molecule has 24 heavy (non-hydrogen) atoms. The lowest BCUT2D eigenvalue weighted by Gasteiger charge is -2.29. The van der Waals surface area contributed by atoms with Crippen molar-refractivity contribution in [2.24, 2.45) is 0 Å². The van der Waals surface area contributed by atoms with Crippen molar-refractivity contribution >= 4 is 28.9 Å². The first kappa shape index (κ1) is 16.8. The van der Waals surface area contributed by atoms with Gasteiger partial charge in [-0.25, -0.2) is 0 Å². The maximum atomic E-state index is 12.2. The van der Waals surface area contributed by atoms with Crippen LogP contribution >= 0.6 is 11.6 Å². The largest absolute Gasteiger partial charge is 0.378 e. The summed E-state index contributed by atoms with van der Waals surface area (Å²) >= 11 is 6.13. The van der Waals surface area contributed by atoms with E-state index in [1.807, 2.05) is 42.5 Å². The van der Waals surface area contributed by atoms with E-state index in [1.165, 1.54) is 0 Å². The summed E-state index contributed by atoms with van der Waals surface area (Å²) < 4.78 is 5.38. The third kappa shape index (κ3) is 4.49. The molecule has 1 amide bonds.